The summed E-state index contributed by atoms with van der Waals surface area (Å²) in [6.07, 6.45) is 4.74. The number of hydrogen-bond donors (Lipinski definition) is 0. The molecule has 1 unspecified atom stereocenters. The standard InChI is InChI=1S/C12H20O/c1-9(2)13-11-6-10(3)7-12(4,5)8-11/h6,11H,1,7-8H2,2-5H3. The van der Waals surface area contributed by atoms with Gasteiger partial charge in [0.15, 0.2) is 0 Å². The van der Waals surface area contributed by atoms with Crippen molar-refractivity contribution in [2.45, 2.75) is 46.6 Å². The van der Waals surface area contributed by atoms with E-state index in [1.165, 1.54) is 12.0 Å². The summed E-state index contributed by atoms with van der Waals surface area (Å²) in [5.41, 5.74) is 1.81. The van der Waals surface area contributed by atoms with Crippen LogP contribution >= 0.6 is 0 Å². The number of ether oxygens (including phenoxy) is 1. The lowest BCUT2D eigenvalue weighted by molar-refractivity contribution is 0.0988. The van der Waals surface area contributed by atoms with Crippen LogP contribution in [0.15, 0.2) is 24.0 Å². The molecule has 0 aliphatic heterocycles. The summed E-state index contributed by atoms with van der Waals surface area (Å²) in [6.45, 7) is 12.4. The van der Waals surface area contributed by atoms with Gasteiger partial charge < -0.3 is 4.74 Å². The Kier molecular flexibility index (Phi) is 2.84. The van der Waals surface area contributed by atoms with Gasteiger partial charge in [0.25, 0.3) is 0 Å². The van der Waals surface area contributed by atoms with Gasteiger partial charge in [0.1, 0.15) is 6.10 Å². The molecule has 1 heteroatoms. The highest BCUT2D eigenvalue weighted by Crippen LogP contribution is 2.36. The molecule has 1 nitrogen and oxygen atoms in total. The summed E-state index contributed by atoms with van der Waals surface area (Å²) in [5.74, 6) is 0.812. The van der Waals surface area contributed by atoms with Gasteiger partial charge in [-0.2, -0.15) is 0 Å². The van der Waals surface area contributed by atoms with Crippen molar-refractivity contribution < 1.29 is 4.74 Å². The fraction of sp³-hybridized carbons (Fsp3) is 0.667. The fourth-order valence-electron chi connectivity index (χ4n) is 2.14. The van der Waals surface area contributed by atoms with E-state index in [0.29, 0.717) is 5.41 Å². The summed E-state index contributed by atoms with van der Waals surface area (Å²) in [4.78, 5) is 0. The van der Waals surface area contributed by atoms with Crippen LogP contribution in [-0.4, -0.2) is 6.10 Å². The summed E-state index contributed by atoms with van der Waals surface area (Å²) in [5, 5.41) is 0. The van der Waals surface area contributed by atoms with E-state index in [1.807, 2.05) is 6.92 Å². The van der Waals surface area contributed by atoms with Crippen molar-refractivity contribution >= 4 is 0 Å². The average Bonchev–Trinajstić information content (AvgIpc) is 1.78. The van der Waals surface area contributed by atoms with E-state index in [9.17, 15) is 0 Å². The van der Waals surface area contributed by atoms with Gasteiger partial charge >= 0.3 is 0 Å². The minimum atomic E-state index is 0.237. The van der Waals surface area contributed by atoms with Gasteiger partial charge in [-0.15, -0.1) is 0 Å². The zero-order chi connectivity index (χ0) is 10.1. The quantitative estimate of drug-likeness (QED) is 0.465. The zero-order valence-corrected chi connectivity index (χ0v) is 9.18. The first-order valence-corrected chi connectivity index (χ1v) is 4.88. The number of rotatable bonds is 2. The summed E-state index contributed by atoms with van der Waals surface area (Å²) in [7, 11) is 0. The van der Waals surface area contributed by atoms with Crippen molar-refractivity contribution in [1.82, 2.24) is 0 Å². The van der Waals surface area contributed by atoms with Gasteiger partial charge in [-0.05, 0) is 38.2 Å². The molecule has 0 saturated heterocycles. The second kappa shape index (κ2) is 3.57. The molecule has 0 fully saturated rings. The maximum Gasteiger partial charge on any atom is 0.117 e. The van der Waals surface area contributed by atoms with Gasteiger partial charge in [0.05, 0.1) is 5.76 Å². The monoisotopic (exact) mass is 180 g/mol. The number of allylic oxidation sites excluding steroid dienone is 2. The average molecular weight is 180 g/mol. The summed E-state index contributed by atoms with van der Waals surface area (Å²) in [6, 6.07) is 0. The normalized spacial score (nSPS) is 26.5. The molecule has 74 valence electrons. The Morgan fingerprint density at radius 3 is 2.69 bits per heavy atom. The molecule has 0 aromatic heterocycles. The van der Waals surface area contributed by atoms with Crippen LogP contribution in [-0.2, 0) is 4.74 Å². The molecule has 0 N–H and O–H groups in total. The molecule has 0 aromatic rings. The van der Waals surface area contributed by atoms with Crippen LogP contribution in [0.2, 0.25) is 0 Å². The van der Waals surface area contributed by atoms with Crippen LogP contribution in [0.25, 0.3) is 0 Å². The molecular weight excluding hydrogens is 160 g/mol. The third-order valence-corrected chi connectivity index (χ3v) is 2.33. The first-order chi connectivity index (χ1) is 5.89. The Morgan fingerprint density at radius 1 is 1.62 bits per heavy atom. The lowest BCUT2D eigenvalue weighted by Crippen LogP contribution is -2.26. The zero-order valence-electron chi connectivity index (χ0n) is 9.18. The molecule has 0 heterocycles. The molecule has 0 spiro atoms. The molecule has 0 radical (unpaired) electrons. The van der Waals surface area contributed by atoms with Crippen LogP contribution in [0, 0.1) is 5.41 Å². The SMILES string of the molecule is C=C(C)OC1C=C(C)CC(C)(C)C1. The van der Waals surface area contributed by atoms with Crippen molar-refractivity contribution in [3.8, 4) is 0 Å². The highest BCUT2D eigenvalue weighted by atomic mass is 16.5. The van der Waals surface area contributed by atoms with E-state index in [4.69, 9.17) is 4.74 Å². The largest absolute Gasteiger partial charge is 0.492 e. The molecule has 0 amide bonds. The topological polar surface area (TPSA) is 9.23 Å². The Balaban J connectivity index is 2.67. The highest BCUT2D eigenvalue weighted by molar-refractivity contribution is 5.11. The number of hydrogen-bond acceptors (Lipinski definition) is 1. The lowest BCUT2D eigenvalue weighted by atomic mass is 9.76. The molecule has 13 heavy (non-hydrogen) atoms. The van der Waals surface area contributed by atoms with Crippen LogP contribution in [0.4, 0.5) is 0 Å². The Labute approximate surface area is 81.5 Å². The van der Waals surface area contributed by atoms with Crippen molar-refractivity contribution in [2.24, 2.45) is 5.41 Å². The molecular formula is C12H20O. The molecule has 1 aliphatic rings. The van der Waals surface area contributed by atoms with Crippen molar-refractivity contribution in [2.75, 3.05) is 0 Å². The van der Waals surface area contributed by atoms with Crippen LogP contribution in [0.1, 0.15) is 40.5 Å². The Morgan fingerprint density at radius 2 is 2.23 bits per heavy atom. The van der Waals surface area contributed by atoms with Gasteiger partial charge in [-0.25, -0.2) is 0 Å². The van der Waals surface area contributed by atoms with E-state index >= 15 is 0 Å². The van der Waals surface area contributed by atoms with Crippen LogP contribution < -0.4 is 0 Å². The van der Waals surface area contributed by atoms with Gasteiger partial charge in [0, 0.05) is 0 Å². The minimum Gasteiger partial charge on any atom is -0.492 e. The smallest absolute Gasteiger partial charge is 0.117 e. The molecule has 1 aliphatic carbocycles. The van der Waals surface area contributed by atoms with Crippen molar-refractivity contribution in [3.63, 3.8) is 0 Å². The lowest BCUT2D eigenvalue weighted by Gasteiger charge is -2.33. The van der Waals surface area contributed by atoms with Crippen molar-refractivity contribution in [1.29, 1.82) is 0 Å². The van der Waals surface area contributed by atoms with Gasteiger partial charge in [0.2, 0.25) is 0 Å². The summed E-state index contributed by atoms with van der Waals surface area (Å²) < 4.78 is 5.63. The van der Waals surface area contributed by atoms with Crippen molar-refractivity contribution in [3.05, 3.63) is 24.0 Å². The Hall–Kier alpha value is -0.720. The second-order valence-corrected chi connectivity index (χ2v) is 4.92. The van der Waals surface area contributed by atoms with Gasteiger partial charge in [-0.3, -0.25) is 0 Å². The van der Waals surface area contributed by atoms with E-state index in [0.717, 1.165) is 12.2 Å². The third-order valence-electron chi connectivity index (χ3n) is 2.33. The predicted octanol–water partition coefficient (Wildman–Crippen LogP) is 3.67. The van der Waals surface area contributed by atoms with Gasteiger partial charge in [-0.1, -0.05) is 26.0 Å². The predicted molar refractivity (Wildman–Crippen MR) is 56.5 cm³/mol. The van der Waals surface area contributed by atoms with E-state index in [-0.39, 0.29) is 6.10 Å². The third kappa shape index (κ3) is 3.25. The highest BCUT2D eigenvalue weighted by Gasteiger charge is 2.27. The first-order valence-electron chi connectivity index (χ1n) is 4.88. The second-order valence-electron chi connectivity index (χ2n) is 4.92. The maximum atomic E-state index is 5.63. The van der Waals surface area contributed by atoms with Crippen LogP contribution in [0.5, 0.6) is 0 Å². The molecule has 1 atom stereocenters. The fourth-order valence-corrected chi connectivity index (χ4v) is 2.14. The van der Waals surface area contributed by atoms with E-state index in [2.05, 4.69) is 33.4 Å². The van der Waals surface area contributed by atoms with E-state index < -0.39 is 0 Å². The maximum absolute atomic E-state index is 5.63. The minimum absolute atomic E-state index is 0.237. The van der Waals surface area contributed by atoms with Crippen LogP contribution in [0.3, 0.4) is 0 Å². The molecule has 0 aromatic carbocycles. The molecule has 0 bridgehead atoms. The summed E-state index contributed by atoms with van der Waals surface area (Å²) >= 11 is 0. The Bertz CT molecular complexity index is 236. The molecule has 0 saturated carbocycles. The first kappa shape index (κ1) is 10.4. The molecule has 1 rings (SSSR count). The van der Waals surface area contributed by atoms with E-state index in [1.54, 1.807) is 0 Å².